The summed E-state index contributed by atoms with van der Waals surface area (Å²) in [4.78, 5) is 0. The van der Waals surface area contributed by atoms with Crippen LogP contribution in [0.4, 0.5) is 0 Å². The Labute approximate surface area is 96.9 Å². The molecule has 0 bridgehead atoms. The third-order valence-corrected chi connectivity index (χ3v) is 2.71. The van der Waals surface area contributed by atoms with Crippen LogP contribution in [-0.2, 0) is 13.1 Å². The molecule has 4 heteroatoms. The van der Waals surface area contributed by atoms with E-state index in [4.69, 9.17) is 10.2 Å². The maximum atomic E-state index is 9.13. The predicted molar refractivity (Wildman–Crippen MR) is 64.1 cm³/mol. The molecular weight excluding hydrogens is 204 g/mol. The third-order valence-electron chi connectivity index (χ3n) is 2.71. The number of hydrogen-bond acceptors (Lipinski definition) is 3. The van der Waals surface area contributed by atoms with E-state index in [1.54, 1.807) is 6.92 Å². The molecule has 16 heavy (non-hydrogen) atoms. The predicted octanol–water partition coefficient (Wildman–Crippen LogP) is 0.731. The van der Waals surface area contributed by atoms with Crippen LogP contribution in [0, 0.1) is 0 Å². The van der Waals surface area contributed by atoms with Gasteiger partial charge in [0.05, 0.1) is 18.8 Å². The van der Waals surface area contributed by atoms with E-state index in [0.29, 0.717) is 6.54 Å². The van der Waals surface area contributed by atoms with Gasteiger partial charge in [0.2, 0.25) is 0 Å². The van der Waals surface area contributed by atoms with E-state index in [9.17, 15) is 0 Å². The van der Waals surface area contributed by atoms with Crippen molar-refractivity contribution in [3.63, 3.8) is 0 Å². The van der Waals surface area contributed by atoms with E-state index in [1.165, 1.54) is 5.56 Å². The molecule has 3 N–H and O–H groups in total. The van der Waals surface area contributed by atoms with Gasteiger partial charge in [-0.25, -0.2) is 0 Å². The van der Waals surface area contributed by atoms with Gasteiger partial charge in [0.15, 0.2) is 0 Å². The van der Waals surface area contributed by atoms with Gasteiger partial charge in [0, 0.05) is 25.5 Å². The average Bonchev–Trinajstić information content (AvgIpc) is 2.74. The average molecular weight is 226 g/mol. The molecule has 0 aliphatic heterocycles. The van der Waals surface area contributed by atoms with Crippen LogP contribution in [0.15, 0.2) is 18.5 Å². The lowest BCUT2D eigenvalue weighted by molar-refractivity contribution is 0.103. The van der Waals surface area contributed by atoms with Crippen molar-refractivity contribution in [3.8, 4) is 0 Å². The van der Waals surface area contributed by atoms with Crippen LogP contribution in [-0.4, -0.2) is 33.5 Å². The fourth-order valence-corrected chi connectivity index (χ4v) is 1.47. The van der Waals surface area contributed by atoms with Crippen molar-refractivity contribution in [3.05, 3.63) is 24.0 Å². The Morgan fingerprint density at radius 2 is 2.06 bits per heavy atom. The molecule has 0 fully saturated rings. The molecule has 4 nitrogen and oxygen atoms in total. The molecule has 0 saturated heterocycles. The number of rotatable bonds is 7. The molecule has 0 spiro atoms. The Bertz CT molecular complexity index is 306. The minimum atomic E-state index is -0.604. The zero-order valence-electron chi connectivity index (χ0n) is 10.1. The van der Waals surface area contributed by atoms with Crippen molar-refractivity contribution in [2.24, 2.45) is 0 Å². The Morgan fingerprint density at radius 1 is 1.38 bits per heavy atom. The van der Waals surface area contributed by atoms with Gasteiger partial charge in [0.25, 0.3) is 0 Å². The smallest absolute Gasteiger partial charge is 0.0633 e. The summed E-state index contributed by atoms with van der Waals surface area (Å²) in [5.74, 6) is 0. The van der Waals surface area contributed by atoms with Gasteiger partial charge in [0.1, 0.15) is 0 Å². The molecular formula is C12H22N2O2. The van der Waals surface area contributed by atoms with Crippen molar-refractivity contribution >= 4 is 0 Å². The lowest BCUT2D eigenvalue weighted by Crippen LogP contribution is -2.48. The second-order valence-corrected chi connectivity index (χ2v) is 4.49. The highest BCUT2D eigenvalue weighted by Gasteiger charge is 2.21. The third kappa shape index (κ3) is 3.63. The number of nitrogens with zero attached hydrogens (tertiary/aromatic N) is 1. The van der Waals surface area contributed by atoms with Crippen LogP contribution >= 0.6 is 0 Å². The zero-order chi connectivity index (χ0) is 12.0. The first kappa shape index (κ1) is 13.2. The lowest BCUT2D eigenvalue weighted by Gasteiger charge is -2.26. The van der Waals surface area contributed by atoms with Crippen LogP contribution < -0.4 is 5.32 Å². The summed E-state index contributed by atoms with van der Waals surface area (Å²) in [5.41, 5.74) is 0.564. The van der Waals surface area contributed by atoms with Crippen molar-refractivity contribution in [2.45, 2.75) is 38.9 Å². The summed E-state index contributed by atoms with van der Waals surface area (Å²) in [5, 5.41) is 21.4. The standard InChI is InChI=1S/C12H22N2O2/c1-3-5-14-6-4-11(8-14)7-13-12(2,9-15)10-16/h4,6,8,13,15-16H,3,5,7,9-10H2,1-2H3. The SMILES string of the molecule is CCCn1ccc(CNC(C)(CO)CO)c1. The number of aromatic nitrogens is 1. The molecule has 0 aliphatic carbocycles. The largest absolute Gasteiger partial charge is 0.394 e. The first-order valence-electron chi connectivity index (χ1n) is 5.75. The van der Waals surface area contributed by atoms with E-state index in [1.807, 2.05) is 0 Å². The summed E-state index contributed by atoms with van der Waals surface area (Å²) >= 11 is 0. The van der Waals surface area contributed by atoms with Gasteiger partial charge in [-0.3, -0.25) is 0 Å². The summed E-state index contributed by atoms with van der Waals surface area (Å²) in [6, 6.07) is 2.05. The number of aryl methyl sites for hydroxylation is 1. The van der Waals surface area contributed by atoms with Gasteiger partial charge < -0.3 is 20.1 Å². The van der Waals surface area contributed by atoms with Crippen molar-refractivity contribution < 1.29 is 10.2 Å². The highest BCUT2D eigenvalue weighted by Crippen LogP contribution is 2.06. The zero-order valence-corrected chi connectivity index (χ0v) is 10.1. The second kappa shape index (κ2) is 6.03. The fraction of sp³-hybridized carbons (Fsp3) is 0.667. The monoisotopic (exact) mass is 226 g/mol. The van der Waals surface area contributed by atoms with Crippen LogP contribution in [0.5, 0.6) is 0 Å². The van der Waals surface area contributed by atoms with Crippen LogP contribution in [0.3, 0.4) is 0 Å². The Hall–Kier alpha value is -0.840. The molecule has 0 saturated carbocycles. The van der Waals surface area contributed by atoms with Crippen LogP contribution in [0.1, 0.15) is 25.8 Å². The Kier molecular flexibility index (Phi) is 4.99. The Balaban J connectivity index is 2.47. The van der Waals surface area contributed by atoms with Gasteiger partial charge in [-0.2, -0.15) is 0 Å². The second-order valence-electron chi connectivity index (χ2n) is 4.49. The maximum absolute atomic E-state index is 9.13. The lowest BCUT2D eigenvalue weighted by atomic mass is 10.1. The van der Waals surface area contributed by atoms with Gasteiger partial charge in [-0.05, 0) is 25.0 Å². The number of aliphatic hydroxyl groups is 2. The summed E-state index contributed by atoms with van der Waals surface area (Å²) in [7, 11) is 0. The molecule has 1 aromatic heterocycles. The van der Waals surface area contributed by atoms with Gasteiger partial charge in [-0.1, -0.05) is 6.92 Å². The van der Waals surface area contributed by atoms with Gasteiger partial charge in [-0.15, -0.1) is 0 Å². The number of aliphatic hydroxyl groups excluding tert-OH is 2. The Morgan fingerprint density at radius 3 is 2.62 bits per heavy atom. The van der Waals surface area contributed by atoms with Gasteiger partial charge >= 0.3 is 0 Å². The van der Waals surface area contributed by atoms with Crippen molar-refractivity contribution in [1.82, 2.24) is 9.88 Å². The molecule has 0 aromatic carbocycles. The van der Waals surface area contributed by atoms with Crippen molar-refractivity contribution in [1.29, 1.82) is 0 Å². The van der Waals surface area contributed by atoms with E-state index in [-0.39, 0.29) is 13.2 Å². The summed E-state index contributed by atoms with van der Waals surface area (Å²) in [6.45, 7) is 5.49. The molecule has 0 unspecified atom stereocenters. The molecule has 0 amide bonds. The highest BCUT2D eigenvalue weighted by molar-refractivity contribution is 5.10. The quantitative estimate of drug-likeness (QED) is 0.642. The number of nitrogens with one attached hydrogen (secondary N) is 1. The first-order chi connectivity index (χ1) is 7.63. The molecule has 1 rings (SSSR count). The highest BCUT2D eigenvalue weighted by atomic mass is 16.3. The minimum Gasteiger partial charge on any atom is -0.394 e. The topological polar surface area (TPSA) is 57.4 Å². The van der Waals surface area contributed by atoms with E-state index >= 15 is 0 Å². The fourth-order valence-electron chi connectivity index (χ4n) is 1.47. The molecule has 92 valence electrons. The molecule has 0 radical (unpaired) electrons. The molecule has 1 heterocycles. The number of hydrogen-bond donors (Lipinski definition) is 3. The van der Waals surface area contributed by atoms with E-state index in [0.717, 1.165) is 13.0 Å². The maximum Gasteiger partial charge on any atom is 0.0633 e. The first-order valence-corrected chi connectivity index (χ1v) is 5.75. The molecule has 1 aromatic rings. The van der Waals surface area contributed by atoms with E-state index < -0.39 is 5.54 Å². The van der Waals surface area contributed by atoms with Crippen LogP contribution in [0.25, 0.3) is 0 Å². The van der Waals surface area contributed by atoms with Crippen LogP contribution in [0.2, 0.25) is 0 Å². The molecule has 0 aliphatic rings. The normalized spacial score (nSPS) is 12.0. The summed E-state index contributed by atoms with van der Waals surface area (Å²) in [6.07, 6.45) is 5.26. The summed E-state index contributed by atoms with van der Waals surface area (Å²) < 4.78 is 2.15. The van der Waals surface area contributed by atoms with E-state index in [2.05, 4.69) is 35.3 Å². The minimum absolute atomic E-state index is 0.0703. The molecule has 0 atom stereocenters. The van der Waals surface area contributed by atoms with Crippen molar-refractivity contribution in [2.75, 3.05) is 13.2 Å².